The van der Waals surface area contributed by atoms with E-state index in [-0.39, 0.29) is 11.4 Å². The van der Waals surface area contributed by atoms with Crippen LogP contribution in [0.2, 0.25) is 0 Å². The number of nitrogens with zero attached hydrogens (tertiary/aromatic N) is 1. The predicted molar refractivity (Wildman–Crippen MR) is 73.7 cm³/mol. The van der Waals surface area contributed by atoms with Gasteiger partial charge < -0.3 is 10.2 Å². The third kappa shape index (κ3) is 3.57. The van der Waals surface area contributed by atoms with Gasteiger partial charge in [-0.1, -0.05) is 18.2 Å². The summed E-state index contributed by atoms with van der Waals surface area (Å²) in [5, 5.41) is 3.12. The van der Waals surface area contributed by atoms with Crippen LogP contribution in [-0.4, -0.2) is 36.0 Å². The number of amides is 1. The zero-order chi connectivity index (χ0) is 13.0. The summed E-state index contributed by atoms with van der Waals surface area (Å²) in [5.74, 6) is 0.0137. The molecule has 0 aromatic heterocycles. The molecule has 1 saturated heterocycles. The zero-order valence-corrected chi connectivity index (χ0v) is 11.3. The van der Waals surface area contributed by atoms with Gasteiger partial charge in [-0.2, -0.15) is 0 Å². The highest BCUT2D eigenvalue weighted by molar-refractivity contribution is 5.94. The van der Waals surface area contributed by atoms with Gasteiger partial charge in [0.25, 0.3) is 5.91 Å². The van der Waals surface area contributed by atoms with Crippen LogP contribution in [0.1, 0.15) is 37.0 Å². The van der Waals surface area contributed by atoms with Crippen molar-refractivity contribution in [1.82, 2.24) is 10.2 Å². The highest BCUT2D eigenvalue weighted by Gasteiger charge is 2.25. The number of hydrogen-bond donors (Lipinski definition) is 1. The molecule has 3 nitrogen and oxygen atoms in total. The van der Waals surface area contributed by atoms with Crippen LogP contribution in [0.25, 0.3) is 0 Å². The molecule has 1 N–H and O–H groups in total. The quantitative estimate of drug-likeness (QED) is 0.884. The van der Waals surface area contributed by atoms with Crippen LogP contribution in [-0.2, 0) is 0 Å². The molecule has 0 aliphatic carbocycles. The number of carbonyl (C=O) groups excluding carboxylic acids is 1. The van der Waals surface area contributed by atoms with Gasteiger partial charge >= 0.3 is 0 Å². The van der Waals surface area contributed by atoms with Gasteiger partial charge in [-0.3, -0.25) is 4.79 Å². The van der Waals surface area contributed by atoms with Gasteiger partial charge in [-0.25, -0.2) is 0 Å². The van der Waals surface area contributed by atoms with Crippen molar-refractivity contribution < 1.29 is 4.79 Å². The largest absolute Gasteiger partial charge is 0.346 e. The lowest BCUT2D eigenvalue weighted by Gasteiger charge is -2.31. The Hall–Kier alpha value is -1.35. The van der Waals surface area contributed by atoms with Crippen LogP contribution in [0.4, 0.5) is 0 Å². The van der Waals surface area contributed by atoms with Crippen molar-refractivity contribution in [2.75, 3.05) is 19.6 Å². The maximum absolute atomic E-state index is 12.1. The predicted octanol–water partition coefficient (Wildman–Crippen LogP) is 2.29. The number of hydrogen-bond acceptors (Lipinski definition) is 2. The molecule has 98 valence electrons. The smallest absolute Gasteiger partial charge is 0.251 e. The summed E-state index contributed by atoms with van der Waals surface area (Å²) in [7, 11) is 0. The highest BCUT2D eigenvalue weighted by atomic mass is 16.1. The molecule has 1 heterocycles. The Morgan fingerprint density at radius 3 is 2.44 bits per heavy atom. The minimum atomic E-state index is -0.183. The molecule has 2 rings (SSSR count). The summed E-state index contributed by atoms with van der Waals surface area (Å²) < 4.78 is 0. The second kappa shape index (κ2) is 5.53. The van der Waals surface area contributed by atoms with Gasteiger partial charge in [0.2, 0.25) is 0 Å². The minimum Gasteiger partial charge on any atom is -0.346 e. The van der Waals surface area contributed by atoms with Crippen molar-refractivity contribution in [3.63, 3.8) is 0 Å². The molecule has 1 aromatic rings. The van der Waals surface area contributed by atoms with E-state index >= 15 is 0 Å². The first-order valence-corrected chi connectivity index (χ1v) is 6.67. The molecular weight excluding hydrogens is 224 g/mol. The third-order valence-corrected chi connectivity index (χ3v) is 3.31. The van der Waals surface area contributed by atoms with Crippen molar-refractivity contribution in [2.24, 2.45) is 0 Å². The van der Waals surface area contributed by atoms with E-state index in [1.165, 1.54) is 12.8 Å². The van der Waals surface area contributed by atoms with Crippen LogP contribution in [0.3, 0.4) is 0 Å². The standard InChI is InChI=1S/C15H22N2O/c1-15(2,12-17-10-6-7-11-17)16-14(18)13-8-4-3-5-9-13/h3-5,8-9H,6-7,10-12H2,1-2H3,(H,16,18). The van der Waals surface area contributed by atoms with Gasteiger partial charge in [0.05, 0.1) is 0 Å². The monoisotopic (exact) mass is 246 g/mol. The Kier molecular flexibility index (Phi) is 4.02. The lowest BCUT2D eigenvalue weighted by molar-refractivity contribution is 0.0894. The summed E-state index contributed by atoms with van der Waals surface area (Å²) in [6, 6.07) is 9.40. The van der Waals surface area contributed by atoms with E-state index in [1.807, 2.05) is 30.3 Å². The number of nitrogens with one attached hydrogen (secondary N) is 1. The normalized spacial score (nSPS) is 16.8. The number of rotatable bonds is 4. The first-order valence-electron chi connectivity index (χ1n) is 6.67. The van der Waals surface area contributed by atoms with Crippen LogP contribution in [0, 0.1) is 0 Å². The molecule has 0 spiro atoms. The van der Waals surface area contributed by atoms with E-state index in [1.54, 1.807) is 0 Å². The van der Waals surface area contributed by atoms with E-state index in [0.717, 1.165) is 25.2 Å². The molecule has 1 aromatic carbocycles. The topological polar surface area (TPSA) is 32.3 Å². The SMILES string of the molecule is CC(C)(CN1CCCC1)NC(=O)c1ccccc1. The maximum Gasteiger partial charge on any atom is 0.251 e. The molecule has 1 aliphatic rings. The Balaban J connectivity index is 1.92. The number of carbonyl (C=O) groups is 1. The summed E-state index contributed by atoms with van der Waals surface area (Å²) in [4.78, 5) is 14.5. The zero-order valence-electron chi connectivity index (χ0n) is 11.3. The fourth-order valence-electron chi connectivity index (χ4n) is 2.51. The second-order valence-corrected chi connectivity index (χ2v) is 5.69. The molecule has 3 heteroatoms. The van der Waals surface area contributed by atoms with E-state index in [0.29, 0.717) is 0 Å². The summed E-state index contributed by atoms with van der Waals surface area (Å²) in [6.07, 6.45) is 2.56. The van der Waals surface area contributed by atoms with Crippen LogP contribution >= 0.6 is 0 Å². The Morgan fingerprint density at radius 1 is 1.22 bits per heavy atom. The highest BCUT2D eigenvalue weighted by Crippen LogP contribution is 2.13. The average Bonchev–Trinajstić information content (AvgIpc) is 2.81. The average molecular weight is 246 g/mol. The van der Waals surface area contributed by atoms with Crippen LogP contribution in [0.15, 0.2) is 30.3 Å². The molecule has 0 saturated carbocycles. The van der Waals surface area contributed by atoms with Gasteiger partial charge in [-0.15, -0.1) is 0 Å². The molecule has 0 bridgehead atoms. The third-order valence-electron chi connectivity index (χ3n) is 3.31. The fraction of sp³-hybridized carbons (Fsp3) is 0.533. The fourth-order valence-corrected chi connectivity index (χ4v) is 2.51. The molecule has 1 fully saturated rings. The number of benzene rings is 1. The van der Waals surface area contributed by atoms with Crippen molar-refractivity contribution >= 4 is 5.91 Å². The van der Waals surface area contributed by atoms with Crippen molar-refractivity contribution in [3.8, 4) is 0 Å². The molecule has 0 radical (unpaired) electrons. The van der Waals surface area contributed by atoms with E-state index < -0.39 is 0 Å². The van der Waals surface area contributed by atoms with E-state index in [9.17, 15) is 4.79 Å². The van der Waals surface area contributed by atoms with Crippen molar-refractivity contribution in [1.29, 1.82) is 0 Å². The Morgan fingerprint density at radius 2 is 1.83 bits per heavy atom. The van der Waals surface area contributed by atoms with Gasteiger partial charge in [0.1, 0.15) is 0 Å². The maximum atomic E-state index is 12.1. The van der Waals surface area contributed by atoms with E-state index in [2.05, 4.69) is 24.1 Å². The molecular formula is C15H22N2O. The van der Waals surface area contributed by atoms with Crippen LogP contribution in [0.5, 0.6) is 0 Å². The van der Waals surface area contributed by atoms with Gasteiger partial charge in [0.15, 0.2) is 0 Å². The van der Waals surface area contributed by atoms with Gasteiger partial charge in [-0.05, 0) is 51.9 Å². The van der Waals surface area contributed by atoms with E-state index in [4.69, 9.17) is 0 Å². The molecule has 0 unspecified atom stereocenters. The Bertz CT molecular complexity index is 394. The second-order valence-electron chi connectivity index (χ2n) is 5.69. The number of likely N-dealkylation sites (tertiary alicyclic amines) is 1. The lowest BCUT2D eigenvalue weighted by Crippen LogP contribution is -2.50. The van der Waals surface area contributed by atoms with Crippen LogP contribution < -0.4 is 5.32 Å². The van der Waals surface area contributed by atoms with Crippen molar-refractivity contribution in [3.05, 3.63) is 35.9 Å². The summed E-state index contributed by atoms with van der Waals surface area (Å²) in [6.45, 7) is 7.42. The minimum absolute atomic E-state index is 0.0137. The first-order chi connectivity index (χ1) is 8.57. The first kappa shape index (κ1) is 13.1. The Labute approximate surface area is 109 Å². The lowest BCUT2D eigenvalue weighted by atomic mass is 10.0. The summed E-state index contributed by atoms with van der Waals surface area (Å²) in [5.41, 5.74) is 0.545. The van der Waals surface area contributed by atoms with Gasteiger partial charge in [0, 0.05) is 17.6 Å². The summed E-state index contributed by atoms with van der Waals surface area (Å²) >= 11 is 0. The molecule has 0 atom stereocenters. The molecule has 18 heavy (non-hydrogen) atoms. The molecule has 1 amide bonds. The van der Waals surface area contributed by atoms with Crippen molar-refractivity contribution in [2.45, 2.75) is 32.2 Å². The molecule has 1 aliphatic heterocycles.